The van der Waals surface area contributed by atoms with Crippen molar-refractivity contribution in [3.8, 4) is 0 Å². The van der Waals surface area contributed by atoms with Crippen molar-refractivity contribution in [3.05, 3.63) is 29.8 Å². The zero-order valence-corrected chi connectivity index (χ0v) is 13.3. The molecule has 0 amide bonds. The van der Waals surface area contributed by atoms with Crippen LogP contribution < -0.4 is 10.2 Å². The average molecular weight is 280 g/mol. The Morgan fingerprint density at radius 2 is 1.60 bits per heavy atom. The van der Waals surface area contributed by atoms with Crippen LogP contribution in [-0.2, 0) is 9.47 Å². The molecule has 4 heteroatoms. The lowest BCUT2D eigenvalue weighted by Gasteiger charge is -2.21. The second-order valence-corrected chi connectivity index (χ2v) is 4.96. The van der Waals surface area contributed by atoms with Gasteiger partial charge < -0.3 is 19.7 Å². The van der Waals surface area contributed by atoms with Crippen molar-refractivity contribution in [1.82, 2.24) is 5.32 Å². The fourth-order valence-electron chi connectivity index (χ4n) is 1.99. The summed E-state index contributed by atoms with van der Waals surface area (Å²) in [6.07, 6.45) is -0.173. The molecule has 1 atom stereocenters. The molecule has 0 saturated carbocycles. The van der Waals surface area contributed by atoms with Crippen LogP contribution in [0.2, 0.25) is 0 Å². The van der Waals surface area contributed by atoms with Gasteiger partial charge in [0.25, 0.3) is 0 Å². The van der Waals surface area contributed by atoms with Gasteiger partial charge in [-0.25, -0.2) is 0 Å². The fourth-order valence-corrected chi connectivity index (χ4v) is 1.99. The standard InChI is InChI=1S/C16H28N2O2/c1-6-19-16(20-7-2)12-17-13(3)14-8-10-15(11-9-14)18(4)5/h8-11,13,16-17H,6-7,12H2,1-5H3. The molecule has 1 aromatic carbocycles. The number of hydrogen-bond acceptors (Lipinski definition) is 4. The maximum atomic E-state index is 5.53. The van der Waals surface area contributed by atoms with Crippen molar-refractivity contribution in [1.29, 1.82) is 0 Å². The van der Waals surface area contributed by atoms with Gasteiger partial charge in [-0.05, 0) is 38.5 Å². The van der Waals surface area contributed by atoms with Gasteiger partial charge >= 0.3 is 0 Å². The normalized spacial score (nSPS) is 12.7. The van der Waals surface area contributed by atoms with Crippen LogP contribution in [0.15, 0.2) is 24.3 Å². The van der Waals surface area contributed by atoms with E-state index in [1.54, 1.807) is 0 Å². The molecule has 0 aliphatic carbocycles. The van der Waals surface area contributed by atoms with Gasteiger partial charge in [0, 0.05) is 45.6 Å². The maximum Gasteiger partial charge on any atom is 0.169 e. The third kappa shape index (κ3) is 5.49. The van der Waals surface area contributed by atoms with E-state index in [4.69, 9.17) is 9.47 Å². The molecule has 0 aromatic heterocycles. The Bertz CT molecular complexity index is 359. The molecule has 1 N–H and O–H groups in total. The monoisotopic (exact) mass is 280 g/mol. The highest BCUT2D eigenvalue weighted by Gasteiger charge is 2.11. The summed E-state index contributed by atoms with van der Waals surface area (Å²) in [5.41, 5.74) is 2.48. The summed E-state index contributed by atoms with van der Waals surface area (Å²) in [4.78, 5) is 2.10. The molecule has 0 bridgehead atoms. The van der Waals surface area contributed by atoms with Crippen LogP contribution in [0.1, 0.15) is 32.4 Å². The number of nitrogens with zero attached hydrogens (tertiary/aromatic N) is 1. The number of rotatable bonds is 9. The van der Waals surface area contributed by atoms with Crippen molar-refractivity contribution < 1.29 is 9.47 Å². The van der Waals surface area contributed by atoms with Crippen LogP contribution in [0.5, 0.6) is 0 Å². The van der Waals surface area contributed by atoms with Gasteiger partial charge in [0.05, 0.1) is 0 Å². The molecular formula is C16H28N2O2. The predicted molar refractivity (Wildman–Crippen MR) is 84.2 cm³/mol. The lowest BCUT2D eigenvalue weighted by molar-refractivity contribution is -0.133. The van der Waals surface area contributed by atoms with Gasteiger partial charge in [-0.3, -0.25) is 0 Å². The van der Waals surface area contributed by atoms with Gasteiger partial charge in [0.1, 0.15) is 0 Å². The van der Waals surface area contributed by atoms with Gasteiger partial charge in [-0.15, -0.1) is 0 Å². The Hall–Kier alpha value is -1.10. The van der Waals surface area contributed by atoms with E-state index in [1.165, 1.54) is 11.3 Å². The molecular weight excluding hydrogens is 252 g/mol. The van der Waals surface area contributed by atoms with Crippen molar-refractivity contribution in [2.75, 3.05) is 38.8 Å². The molecule has 0 spiro atoms. The summed E-state index contributed by atoms with van der Waals surface area (Å²) in [5, 5.41) is 3.45. The minimum Gasteiger partial charge on any atom is -0.378 e. The highest BCUT2D eigenvalue weighted by Crippen LogP contribution is 2.17. The van der Waals surface area contributed by atoms with Crippen molar-refractivity contribution in [2.45, 2.75) is 33.1 Å². The Morgan fingerprint density at radius 1 is 1.05 bits per heavy atom. The van der Waals surface area contributed by atoms with Crippen LogP contribution in [0.25, 0.3) is 0 Å². The van der Waals surface area contributed by atoms with Crippen LogP contribution in [-0.4, -0.2) is 40.1 Å². The number of ether oxygens (including phenoxy) is 2. The topological polar surface area (TPSA) is 33.7 Å². The van der Waals surface area contributed by atoms with E-state index >= 15 is 0 Å². The molecule has 0 fully saturated rings. The summed E-state index contributed by atoms with van der Waals surface area (Å²) in [5.74, 6) is 0. The molecule has 0 radical (unpaired) electrons. The smallest absolute Gasteiger partial charge is 0.169 e. The first-order chi connectivity index (χ1) is 9.58. The number of hydrogen-bond donors (Lipinski definition) is 1. The van der Waals surface area contributed by atoms with Gasteiger partial charge in [-0.1, -0.05) is 12.1 Å². The summed E-state index contributed by atoms with van der Waals surface area (Å²) in [7, 11) is 4.09. The molecule has 1 aromatic rings. The first-order valence-electron chi connectivity index (χ1n) is 7.32. The van der Waals surface area contributed by atoms with Crippen molar-refractivity contribution in [3.63, 3.8) is 0 Å². The Morgan fingerprint density at radius 3 is 2.05 bits per heavy atom. The molecule has 0 aliphatic heterocycles. The van der Waals surface area contributed by atoms with Crippen molar-refractivity contribution in [2.24, 2.45) is 0 Å². The van der Waals surface area contributed by atoms with Crippen LogP contribution in [0.4, 0.5) is 5.69 Å². The minimum atomic E-state index is -0.173. The summed E-state index contributed by atoms with van der Waals surface area (Å²) in [6.45, 7) is 8.14. The van der Waals surface area contributed by atoms with E-state index in [0.717, 1.165) is 0 Å². The lowest BCUT2D eigenvalue weighted by atomic mass is 10.1. The Balaban J connectivity index is 2.50. The Labute approximate surface area is 123 Å². The zero-order valence-electron chi connectivity index (χ0n) is 13.3. The summed E-state index contributed by atoms with van der Waals surface area (Å²) >= 11 is 0. The fraction of sp³-hybridized carbons (Fsp3) is 0.625. The predicted octanol–water partition coefficient (Wildman–Crippen LogP) is 2.80. The SMILES string of the molecule is CCOC(CNC(C)c1ccc(N(C)C)cc1)OCC. The van der Waals surface area contributed by atoms with Crippen LogP contribution in [0, 0.1) is 0 Å². The van der Waals surface area contributed by atoms with Gasteiger partial charge in [-0.2, -0.15) is 0 Å². The largest absolute Gasteiger partial charge is 0.378 e. The van der Waals surface area contributed by atoms with Crippen LogP contribution in [0.3, 0.4) is 0 Å². The second kappa shape index (κ2) is 8.95. The molecule has 0 heterocycles. The first kappa shape index (κ1) is 17.0. The van der Waals surface area contributed by atoms with Crippen LogP contribution >= 0.6 is 0 Å². The number of nitrogens with one attached hydrogen (secondary N) is 1. The molecule has 4 nitrogen and oxygen atoms in total. The molecule has 1 unspecified atom stereocenters. The quantitative estimate of drug-likeness (QED) is 0.705. The first-order valence-corrected chi connectivity index (χ1v) is 7.32. The van der Waals surface area contributed by atoms with E-state index in [9.17, 15) is 0 Å². The highest BCUT2D eigenvalue weighted by molar-refractivity contribution is 5.46. The second-order valence-electron chi connectivity index (χ2n) is 4.96. The van der Waals surface area contributed by atoms with Crippen molar-refractivity contribution >= 4 is 5.69 Å². The number of anilines is 1. The maximum absolute atomic E-state index is 5.53. The zero-order chi connectivity index (χ0) is 15.0. The average Bonchev–Trinajstić information content (AvgIpc) is 2.45. The van der Waals surface area contributed by atoms with E-state index < -0.39 is 0 Å². The summed E-state index contributed by atoms with van der Waals surface area (Å²) in [6, 6.07) is 8.86. The molecule has 114 valence electrons. The van der Waals surface area contributed by atoms with E-state index in [0.29, 0.717) is 19.8 Å². The third-order valence-corrected chi connectivity index (χ3v) is 3.21. The molecule has 20 heavy (non-hydrogen) atoms. The molecule has 0 aliphatic rings. The molecule has 1 rings (SSSR count). The Kier molecular flexibility index (Phi) is 7.59. The van der Waals surface area contributed by atoms with Gasteiger partial charge in [0.15, 0.2) is 6.29 Å². The minimum absolute atomic E-state index is 0.173. The van der Waals surface area contributed by atoms with Gasteiger partial charge in [0.2, 0.25) is 0 Å². The van der Waals surface area contributed by atoms with E-state index in [2.05, 4.69) is 41.4 Å². The van der Waals surface area contributed by atoms with E-state index in [-0.39, 0.29) is 12.3 Å². The van der Waals surface area contributed by atoms with E-state index in [1.807, 2.05) is 27.9 Å². The number of benzene rings is 1. The molecule has 0 saturated heterocycles. The lowest BCUT2D eigenvalue weighted by Crippen LogP contribution is -2.33. The highest BCUT2D eigenvalue weighted by atomic mass is 16.7. The summed E-state index contributed by atoms with van der Waals surface area (Å²) < 4.78 is 11.1. The third-order valence-electron chi connectivity index (χ3n) is 3.21.